The van der Waals surface area contributed by atoms with E-state index in [0.717, 1.165) is 16.5 Å². The fraction of sp³-hybridized carbons (Fsp3) is 0.263. The number of carbonyl (C=O) groups is 1. The molecule has 5 heteroatoms. The van der Waals surface area contributed by atoms with Crippen LogP contribution in [0.15, 0.2) is 54.9 Å². The van der Waals surface area contributed by atoms with Crippen LogP contribution in [0.25, 0.3) is 10.8 Å². The summed E-state index contributed by atoms with van der Waals surface area (Å²) in [5, 5.41) is 12.6. The van der Waals surface area contributed by atoms with Gasteiger partial charge in [-0.3, -0.25) is 9.48 Å². The molecule has 124 valence electrons. The van der Waals surface area contributed by atoms with E-state index < -0.39 is 6.04 Å². The zero-order chi connectivity index (χ0) is 17.1. The second-order valence-corrected chi connectivity index (χ2v) is 5.97. The van der Waals surface area contributed by atoms with E-state index in [4.69, 9.17) is 0 Å². The number of fused-ring (bicyclic) bond motifs is 1. The molecule has 1 amide bonds. The minimum Gasteiger partial charge on any atom is -0.348 e. The summed E-state index contributed by atoms with van der Waals surface area (Å²) in [6.07, 6.45) is 3.56. The van der Waals surface area contributed by atoms with Gasteiger partial charge in [0, 0.05) is 18.8 Å². The van der Waals surface area contributed by atoms with Crippen molar-refractivity contribution in [1.82, 2.24) is 20.4 Å². The fourth-order valence-corrected chi connectivity index (χ4v) is 3.04. The van der Waals surface area contributed by atoms with Crippen molar-refractivity contribution in [1.29, 1.82) is 0 Å². The lowest BCUT2D eigenvalue weighted by atomic mass is 9.99. The number of likely N-dealkylation sites (N-methyl/N-ethyl adjacent to an activating group) is 1. The van der Waals surface area contributed by atoms with Crippen LogP contribution in [0.1, 0.15) is 30.1 Å². The summed E-state index contributed by atoms with van der Waals surface area (Å²) in [7, 11) is 3.62. The first-order chi connectivity index (χ1) is 11.6. The van der Waals surface area contributed by atoms with Gasteiger partial charge in [0.2, 0.25) is 5.91 Å². The van der Waals surface area contributed by atoms with Crippen molar-refractivity contribution in [3.8, 4) is 0 Å². The maximum absolute atomic E-state index is 12.7. The molecule has 3 aromatic rings. The van der Waals surface area contributed by atoms with Gasteiger partial charge in [0.25, 0.3) is 0 Å². The van der Waals surface area contributed by atoms with Crippen LogP contribution < -0.4 is 10.6 Å². The Bertz CT molecular complexity index is 850. The molecular formula is C19H22N4O. The first-order valence-corrected chi connectivity index (χ1v) is 8.04. The Hall–Kier alpha value is -2.66. The molecule has 0 bridgehead atoms. The van der Waals surface area contributed by atoms with Crippen LogP contribution in [-0.4, -0.2) is 22.7 Å². The maximum Gasteiger partial charge on any atom is 0.242 e. The zero-order valence-electron chi connectivity index (χ0n) is 14.2. The molecule has 0 radical (unpaired) electrons. The summed E-state index contributed by atoms with van der Waals surface area (Å²) in [5.74, 6) is -0.0639. The number of carbonyl (C=O) groups excluding carboxylic acids is 1. The van der Waals surface area contributed by atoms with Crippen LogP contribution in [0, 0.1) is 0 Å². The lowest BCUT2D eigenvalue weighted by molar-refractivity contribution is -0.123. The van der Waals surface area contributed by atoms with Crippen LogP contribution in [0.3, 0.4) is 0 Å². The van der Waals surface area contributed by atoms with Gasteiger partial charge < -0.3 is 10.6 Å². The van der Waals surface area contributed by atoms with Crippen molar-refractivity contribution in [3.05, 3.63) is 66.0 Å². The fourth-order valence-electron chi connectivity index (χ4n) is 3.04. The molecule has 2 unspecified atom stereocenters. The van der Waals surface area contributed by atoms with Gasteiger partial charge in [-0.15, -0.1) is 0 Å². The summed E-state index contributed by atoms with van der Waals surface area (Å²) in [6, 6.07) is 13.9. The normalized spacial score (nSPS) is 13.6. The number of hydrogen-bond donors (Lipinski definition) is 2. The van der Waals surface area contributed by atoms with Crippen molar-refractivity contribution in [3.63, 3.8) is 0 Å². The van der Waals surface area contributed by atoms with Crippen LogP contribution >= 0.6 is 0 Å². The minimum atomic E-state index is -0.420. The molecule has 0 aliphatic heterocycles. The first-order valence-electron chi connectivity index (χ1n) is 8.04. The van der Waals surface area contributed by atoms with E-state index in [-0.39, 0.29) is 11.9 Å². The van der Waals surface area contributed by atoms with E-state index in [2.05, 4.69) is 40.0 Å². The highest BCUT2D eigenvalue weighted by molar-refractivity contribution is 5.88. The molecule has 2 atom stereocenters. The number of aromatic nitrogens is 2. The van der Waals surface area contributed by atoms with Crippen LogP contribution in [0.4, 0.5) is 0 Å². The zero-order valence-corrected chi connectivity index (χ0v) is 14.2. The summed E-state index contributed by atoms with van der Waals surface area (Å²) >= 11 is 0. The van der Waals surface area contributed by atoms with Gasteiger partial charge >= 0.3 is 0 Å². The molecule has 1 aromatic heterocycles. The van der Waals surface area contributed by atoms with Crippen molar-refractivity contribution < 1.29 is 4.79 Å². The van der Waals surface area contributed by atoms with Crippen molar-refractivity contribution in [2.45, 2.75) is 19.0 Å². The molecule has 2 aromatic carbocycles. The average molecular weight is 322 g/mol. The summed E-state index contributed by atoms with van der Waals surface area (Å²) in [6.45, 7) is 2.01. The van der Waals surface area contributed by atoms with Crippen molar-refractivity contribution in [2.24, 2.45) is 7.05 Å². The monoisotopic (exact) mass is 322 g/mol. The maximum atomic E-state index is 12.7. The second kappa shape index (κ2) is 6.84. The number of amides is 1. The molecule has 0 spiro atoms. The molecule has 0 aliphatic rings. The molecule has 0 aliphatic carbocycles. The molecule has 24 heavy (non-hydrogen) atoms. The predicted molar refractivity (Wildman–Crippen MR) is 95.5 cm³/mol. The van der Waals surface area contributed by atoms with Crippen molar-refractivity contribution >= 4 is 16.7 Å². The van der Waals surface area contributed by atoms with Gasteiger partial charge in [-0.25, -0.2) is 0 Å². The third kappa shape index (κ3) is 3.16. The SMILES string of the molecule is CNC(C(=O)NC(C)c1cccc2ccccc12)c1cnn(C)c1. The van der Waals surface area contributed by atoms with Gasteiger partial charge in [-0.2, -0.15) is 5.10 Å². The van der Waals surface area contributed by atoms with Crippen LogP contribution in [-0.2, 0) is 11.8 Å². The lowest BCUT2D eigenvalue weighted by Crippen LogP contribution is -2.37. The van der Waals surface area contributed by atoms with E-state index in [9.17, 15) is 4.79 Å². The van der Waals surface area contributed by atoms with Crippen LogP contribution in [0.2, 0.25) is 0 Å². The molecule has 3 rings (SSSR count). The summed E-state index contributed by atoms with van der Waals surface area (Å²) < 4.78 is 1.70. The molecule has 1 heterocycles. The number of hydrogen-bond acceptors (Lipinski definition) is 3. The minimum absolute atomic E-state index is 0.0639. The molecule has 5 nitrogen and oxygen atoms in total. The number of benzene rings is 2. The van der Waals surface area contributed by atoms with Gasteiger partial charge in [0.1, 0.15) is 6.04 Å². The van der Waals surface area contributed by atoms with Gasteiger partial charge in [-0.05, 0) is 30.3 Å². The van der Waals surface area contributed by atoms with Crippen molar-refractivity contribution in [2.75, 3.05) is 7.05 Å². The van der Waals surface area contributed by atoms with E-state index in [1.165, 1.54) is 5.39 Å². The average Bonchev–Trinajstić information content (AvgIpc) is 3.01. The number of rotatable bonds is 5. The van der Waals surface area contributed by atoms with E-state index in [1.807, 2.05) is 38.4 Å². The smallest absolute Gasteiger partial charge is 0.242 e. The Balaban J connectivity index is 1.82. The topological polar surface area (TPSA) is 59.0 Å². The quantitative estimate of drug-likeness (QED) is 0.759. The molecule has 0 saturated carbocycles. The second-order valence-electron chi connectivity index (χ2n) is 5.97. The Morgan fingerprint density at radius 3 is 2.62 bits per heavy atom. The molecule has 0 fully saturated rings. The Kier molecular flexibility index (Phi) is 4.62. The van der Waals surface area contributed by atoms with Gasteiger partial charge in [-0.1, -0.05) is 42.5 Å². The first kappa shape index (κ1) is 16.2. The Morgan fingerprint density at radius 1 is 1.17 bits per heavy atom. The van der Waals surface area contributed by atoms with Gasteiger partial charge in [0.05, 0.1) is 12.2 Å². The van der Waals surface area contributed by atoms with Crippen LogP contribution in [0.5, 0.6) is 0 Å². The third-order valence-corrected chi connectivity index (χ3v) is 4.26. The highest BCUT2D eigenvalue weighted by atomic mass is 16.2. The van der Waals surface area contributed by atoms with E-state index in [0.29, 0.717) is 0 Å². The highest BCUT2D eigenvalue weighted by Crippen LogP contribution is 2.24. The highest BCUT2D eigenvalue weighted by Gasteiger charge is 2.22. The Labute approximate surface area is 141 Å². The molecule has 0 saturated heterocycles. The lowest BCUT2D eigenvalue weighted by Gasteiger charge is -2.20. The van der Waals surface area contributed by atoms with E-state index in [1.54, 1.807) is 17.9 Å². The summed E-state index contributed by atoms with van der Waals surface area (Å²) in [5.41, 5.74) is 1.96. The standard InChI is InChI=1S/C19H22N4O/c1-13(16-10-6-8-14-7-4-5-9-17(14)16)22-19(24)18(20-2)15-11-21-23(3)12-15/h4-13,18,20H,1-3H3,(H,22,24). The number of nitrogens with one attached hydrogen (secondary N) is 2. The summed E-state index contributed by atoms with van der Waals surface area (Å²) in [4.78, 5) is 12.7. The van der Waals surface area contributed by atoms with E-state index >= 15 is 0 Å². The predicted octanol–water partition coefficient (Wildman–Crippen LogP) is 2.71. The number of aryl methyl sites for hydroxylation is 1. The largest absolute Gasteiger partial charge is 0.348 e. The molecular weight excluding hydrogens is 300 g/mol. The Morgan fingerprint density at radius 2 is 1.92 bits per heavy atom. The third-order valence-electron chi connectivity index (χ3n) is 4.26. The van der Waals surface area contributed by atoms with Gasteiger partial charge in [0.15, 0.2) is 0 Å². The number of nitrogens with zero attached hydrogens (tertiary/aromatic N) is 2. The molecule has 2 N–H and O–H groups in total.